The molecule has 0 atom stereocenters. The minimum atomic E-state index is -0.666. The number of carbonyl (C=O) groups excluding carboxylic acids is 1. The van der Waals surface area contributed by atoms with Crippen molar-refractivity contribution in [2.45, 2.75) is 6.92 Å². The quantitative estimate of drug-likeness (QED) is 0.689. The molecule has 0 aromatic heterocycles. The average Bonchev–Trinajstić information content (AvgIpc) is 2.42. The summed E-state index contributed by atoms with van der Waals surface area (Å²) in [5.41, 5.74) is 0.381. The van der Waals surface area contributed by atoms with Crippen molar-refractivity contribution in [1.82, 2.24) is 0 Å². The third-order valence-corrected chi connectivity index (χ3v) is 3.23. The Morgan fingerprint density at radius 2 is 2.05 bits per heavy atom. The molecule has 1 amide bonds. The molecule has 5 nitrogen and oxygen atoms in total. The standard InChI is InChI=1S/C14H10ClFN2O3/c1-8-7-9(5-6-11(8)16)17-14(19)10-3-2-4-12(13(10)15)18(20)21/h2-7H,1H3,(H,17,19). The van der Waals surface area contributed by atoms with Crippen LogP contribution in [0.25, 0.3) is 0 Å². The predicted molar refractivity (Wildman–Crippen MR) is 77.2 cm³/mol. The summed E-state index contributed by atoms with van der Waals surface area (Å²) >= 11 is 5.86. The maximum absolute atomic E-state index is 13.2. The van der Waals surface area contributed by atoms with Gasteiger partial charge in [-0.1, -0.05) is 17.7 Å². The van der Waals surface area contributed by atoms with Crippen LogP contribution in [0.4, 0.5) is 15.8 Å². The van der Waals surface area contributed by atoms with Crippen LogP contribution in [0.5, 0.6) is 0 Å². The molecule has 0 aliphatic carbocycles. The first kappa shape index (κ1) is 14.9. The summed E-state index contributed by atoms with van der Waals surface area (Å²) < 4.78 is 13.2. The average molecular weight is 309 g/mol. The number of aryl methyl sites for hydroxylation is 1. The van der Waals surface area contributed by atoms with Crippen LogP contribution < -0.4 is 5.32 Å². The molecule has 7 heteroatoms. The van der Waals surface area contributed by atoms with E-state index in [0.717, 1.165) is 0 Å². The molecule has 0 aliphatic rings. The summed E-state index contributed by atoms with van der Waals surface area (Å²) in [6.07, 6.45) is 0. The summed E-state index contributed by atoms with van der Waals surface area (Å²) in [5, 5.41) is 13.1. The Bertz CT molecular complexity index is 734. The van der Waals surface area contributed by atoms with Gasteiger partial charge in [0, 0.05) is 11.8 Å². The van der Waals surface area contributed by atoms with Crippen LogP contribution in [-0.2, 0) is 0 Å². The van der Waals surface area contributed by atoms with Crippen molar-refractivity contribution >= 4 is 28.9 Å². The lowest BCUT2D eigenvalue weighted by molar-refractivity contribution is -0.384. The van der Waals surface area contributed by atoms with Crippen molar-refractivity contribution in [2.24, 2.45) is 0 Å². The highest BCUT2D eigenvalue weighted by Gasteiger charge is 2.20. The molecular formula is C14H10ClFN2O3. The van der Waals surface area contributed by atoms with Gasteiger partial charge in [-0.05, 0) is 36.8 Å². The Labute approximate surface area is 124 Å². The third kappa shape index (κ3) is 3.17. The van der Waals surface area contributed by atoms with Crippen molar-refractivity contribution in [2.75, 3.05) is 5.32 Å². The van der Waals surface area contributed by atoms with E-state index in [1.54, 1.807) is 6.92 Å². The number of nitro benzene ring substituents is 1. The molecule has 0 fully saturated rings. The smallest absolute Gasteiger partial charge is 0.288 e. The van der Waals surface area contributed by atoms with Gasteiger partial charge in [-0.2, -0.15) is 0 Å². The van der Waals surface area contributed by atoms with E-state index in [1.165, 1.54) is 36.4 Å². The highest BCUT2D eigenvalue weighted by molar-refractivity contribution is 6.36. The van der Waals surface area contributed by atoms with Gasteiger partial charge < -0.3 is 5.32 Å². The summed E-state index contributed by atoms with van der Waals surface area (Å²) in [4.78, 5) is 22.2. The second-order valence-corrected chi connectivity index (χ2v) is 4.69. The first-order valence-electron chi connectivity index (χ1n) is 5.90. The van der Waals surface area contributed by atoms with E-state index >= 15 is 0 Å². The molecule has 21 heavy (non-hydrogen) atoms. The number of benzene rings is 2. The van der Waals surface area contributed by atoms with E-state index in [0.29, 0.717) is 11.3 Å². The molecule has 0 bridgehead atoms. The van der Waals surface area contributed by atoms with E-state index in [4.69, 9.17) is 11.6 Å². The van der Waals surface area contributed by atoms with Crippen molar-refractivity contribution < 1.29 is 14.1 Å². The molecule has 0 unspecified atom stereocenters. The van der Waals surface area contributed by atoms with Gasteiger partial charge in [-0.3, -0.25) is 14.9 Å². The number of amides is 1. The first-order valence-corrected chi connectivity index (χ1v) is 6.28. The molecule has 0 saturated carbocycles. The van der Waals surface area contributed by atoms with Crippen LogP contribution in [0.3, 0.4) is 0 Å². The van der Waals surface area contributed by atoms with E-state index in [9.17, 15) is 19.3 Å². The van der Waals surface area contributed by atoms with E-state index in [-0.39, 0.29) is 22.1 Å². The number of anilines is 1. The first-order chi connectivity index (χ1) is 9.90. The molecule has 1 N–H and O–H groups in total. The van der Waals surface area contributed by atoms with Crippen LogP contribution in [0.15, 0.2) is 36.4 Å². The fourth-order valence-corrected chi connectivity index (χ4v) is 2.04. The van der Waals surface area contributed by atoms with E-state index < -0.39 is 10.8 Å². The molecule has 108 valence electrons. The Morgan fingerprint density at radius 3 is 2.67 bits per heavy atom. The zero-order valence-electron chi connectivity index (χ0n) is 10.9. The summed E-state index contributed by atoms with van der Waals surface area (Å²) in [5.74, 6) is -0.990. The van der Waals surface area contributed by atoms with Crippen LogP contribution >= 0.6 is 11.6 Å². The van der Waals surface area contributed by atoms with Gasteiger partial charge in [-0.25, -0.2) is 4.39 Å². The number of halogens is 2. The summed E-state index contributed by atoms with van der Waals surface area (Å²) in [7, 11) is 0. The summed E-state index contributed by atoms with van der Waals surface area (Å²) in [6.45, 7) is 1.56. The molecule has 2 aromatic rings. The zero-order chi connectivity index (χ0) is 15.6. The number of nitrogens with one attached hydrogen (secondary N) is 1. The zero-order valence-corrected chi connectivity index (χ0v) is 11.6. The lowest BCUT2D eigenvalue weighted by Crippen LogP contribution is -2.13. The van der Waals surface area contributed by atoms with Crippen molar-refractivity contribution in [3.63, 3.8) is 0 Å². The molecule has 0 aliphatic heterocycles. The Kier molecular flexibility index (Phi) is 4.18. The predicted octanol–water partition coefficient (Wildman–Crippen LogP) is 3.95. The monoisotopic (exact) mass is 308 g/mol. The molecular weight excluding hydrogens is 299 g/mol. The molecule has 2 rings (SSSR count). The van der Waals surface area contributed by atoms with Gasteiger partial charge in [-0.15, -0.1) is 0 Å². The van der Waals surface area contributed by atoms with Crippen LogP contribution in [0.2, 0.25) is 5.02 Å². The minimum absolute atomic E-state index is 0.0205. The SMILES string of the molecule is Cc1cc(NC(=O)c2cccc([N+](=O)[O-])c2Cl)ccc1F. The molecule has 0 saturated heterocycles. The molecule has 0 radical (unpaired) electrons. The second-order valence-electron chi connectivity index (χ2n) is 4.31. The number of nitro groups is 1. The molecule has 0 spiro atoms. The van der Waals surface area contributed by atoms with E-state index in [1.807, 2.05) is 0 Å². The maximum Gasteiger partial charge on any atom is 0.288 e. The number of rotatable bonds is 3. The fraction of sp³-hybridized carbons (Fsp3) is 0.0714. The maximum atomic E-state index is 13.2. The van der Waals surface area contributed by atoms with Crippen LogP contribution in [0, 0.1) is 22.9 Å². The Balaban J connectivity index is 2.30. The number of hydrogen-bond donors (Lipinski definition) is 1. The van der Waals surface area contributed by atoms with Gasteiger partial charge in [0.25, 0.3) is 11.6 Å². The Morgan fingerprint density at radius 1 is 1.33 bits per heavy atom. The van der Waals surface area contributed by atoms with Crippen molar-refractivity contribution in [3.8, 4) is 0 Å². The molecule has 0 heterocycles. The molecule has 2 aromatic carbocycles. The largest absolute Gasteiger partial charge is 0.322 e. The number of carbonyl (C=O) groups is 1. The topological polar surface area (TPSA) is 72.2 Å². The van der Waals surface area contributed by atoms with Crippen LogP contribution in [-0.4, -0.2) is 10.8 Å². The second kappa shape index (κ2) is 5.88. The van der Waals surface area contributed by atoms with Crippen molar-refractivity contribution in [3.05, 3.63) is 68.5 Å². The van der Waals surface area contributed by atoms with Gasteiger partial charge in [0.1, 0.15) is 10.8 Å². The Hall–Kier alpha value is -2.47. The van der Waals surface area contributed by atoms with Gasteiger partial charge >= 0.3 is 0 Å². The van der Waals surface area contributed by atoms with Crippen LogP contribution in [0.1, 0.15) is 15.9 Å². The summed E-state index contributed by atoms with van der Waals surface area (Å²) in [6, 6.07) is 8.03. The normalized spacial score (nSPS) is 10.2. The van der Waals surface area contributed by atoms with Crippen molar-refractivity contribution in [1.29, 1.82) is 0 Å². The van der Waals surface area contributed by atoms with Gasteiger partial charge in [0.15, 0.2) is 0 Å². The number of hydrogen-bond acceptors (Lipinski definition) is 3. The van der Waals surface area contributed by atoms with E-state index in [2.05, 4.69) is 5.32 Å². The number of nitrogens with zero attached hydrogens (tertiary/aromatic N) is 1. The fourth-order valence-electron chi connectivity index (χ4n) is 1.76. The lowest BCUT2D eigenvalue weighted by atomic mass is 10.1. The van der Waals surface area contributed by atoms with Gasteiger partial charge in [0.2, 0.25) is 0 Å². The third-order valence-electron chi connectivity index (χ3n) is 2.84. The highest BCUT2D eigenvalue weighted by Crippen LogP contribution is 2.28. The minimum Gasteiger partial charge on any atom is -0.322 e. The van der Waals surface area contributed by atoms with Gasteiger partial charge in [0.05, 0.1) is 10.5 Å². The highest BCUT2D eigenvalue weighted by atomic mass is 35.5. The lowest BCUT2D eigenvalue weighted by Gasteiger charge is -2.08.